The summed E-state index contributed by atoms with van der Waals surface area (Å²) in [6, 6.07) is 10.4. The standard InChI is InChI=1S/C15H15N3S2/c1-16-8-7-12-14(11-5-3-2-4-6-11)18-15(20-12)13-9-17-10-19-13/h2-6,9-10,16H,7-8H2,1H3. The molecular formula is C15H15N3S2. The van der Waals surface area contributed by atoms with Crippen LogP contribution in [0.15, 0.2) is 42.0 Å². The van der Waals surface area contributed by atoms with Crippen molar-refractivity contribution in [2.24, 2.45) is 0 Å². The van der Waals surface area contributed by atoms with E-state index in [0.717, 1.165) is 28.5 Å². The van der Waals surface area contributed by atoms with Crippen LogP contribution in [-0.4, -0.2) is 23.6 Å². The molecular weight excluding hydrogens is 286 g/mol. The monoisotopic (exact) mass is 301 g/mol. The van der Waals surface area contributed by atoms with Crippen LogP contribution in [0, 0.1) is 0 Å². The van der Waals surface area contributed by atoms with Gasteiger partial charge in [-0.15, -0.1) is 22.7 Å². The molecule has 0 saturated heterocycles. The summed E-state index contributed by atoms with van der Waals surface area (Å²) in [6.07, 6.45) is 2.89. The first-order chi connectivity index (χ1) is 9.88. The molecule has 2 heterocycles. The number of nitrogens with one attached hydrogen (secondary N) is 1. The smallest absolute Gasteiger partial charge is 0.135 e. The minimum absolute atomic E-state index is 0.962. The number of rotatable bonds is 5. The second-order valence-corrected chi connectivity index (χ2v) is 6.35. The first-order valence-corrected chi connectivity index (χ1v) is 8.16. The van der Waals surface area contributed by atoms with Gasteiger partial charge in [0.05, 0.1) is 16.1 Å². The van der Waals surface area contributed by atoms with Crippen LogP contribution in [0.1, 0.15) is 4.88 Å². The van der Waals surface area contributed by atoms with Crippen molar-refractivity contribution in [1.82, 2.24) is 15.3 Å². The molecule has 20 heavy (non-hydrogen) atoms. The van der Waals surface area contributed by atoms with Crippen molar-refractivity contribution in [3.63, 3.8) is 0 Å². The third kappa shape index (κ3) is 2.80. The molecule has 0 atom stereocenters. The number of benzene rings is 1. The lowest BCUT2D eigenvalue weighted by molar-refractivity contribution is 0.799. The molecule has 102 valence electrons. The van der Waals surface area contributed by atoms with Gasteiger partial charge < -0.3 is 5.32 Å². The summed E-state index contributed by atoms with van der Waals surface area (Å²) in [6.45, 7) is 0.962. The second kappa shape index (κ2) is 6.26. The van der Waals surface area contributed by atoms with Crippen molar-refractivity contribution in [3.05, 3.63) is 46.9 Å². The number of nitrogens with zero attached hydrogens (tertiary/aromatic N) is 2. The predicted molar refractivity (Wildman–Crippen MR) is 86.3 cm³/mol. The van der Waals surface area contributed by atoms with Gasteiger partial charge in [0, 0.05) is 16.6 Å². The van der Waals surface area contributed by atoms with Gasteiger partial charge in [-0.2, -0.15) is 0 Å². The number of likely N-dealkylation sites (N-methyl/N-ethyl adjacent to an activating group) is 1. The molecule has 0 bridgehead atoms. The van der Waals surface area contributed by atoms with E-state index in [0.29, 0.717) is 0 Å². The van der Waals surface area contributed by atoms with Gasteiger partial charge in [0.15, 0.2) is 0 Å². The molecule has 1 N–H and O–H groups in total. The van der Waals surface area contributed by atoms with E-state index in [1.807, 2.05) is 24.8 Å². The molecule has 3 nitrogen and oxygen atoms in total. The van der Waals surface area contributed by atoms with Gasteiger partial charge in [0.2, 0.25) is 0 Å². The summed E-state index contributed by atoms with van der Waals surface area (Å²) in [5, 5.41) is 4.28. The molecule has 0 spiro atoms. The predicted octanol–water partition coefficient (Wildman–Crippen LogP) is 3.70. The number of hydrogen-bond donors (Lipinski definition) is 1. The third-order valence-electron chi connectivity index (χ3n) is 2.99. The Balaban J connectivity index is 2.02. The van der Waals surface area contributed by atoms with Crippen LogP contribution in [0.3, 0.4) is 0 Å². The van der Waals surface area contributed by atoms with E-state index in [1.54, 1.807) is 22.7 Å². The molecule has 0 saturated carbocycles. The topological polar surface area (TPSA) is 37.8 Å². The zero-order chi connectivity index (χ0) is 13.8. The van der Waals surface area contributed by atoms with E-state index < -0.39 is 0 Å². The summed E-state index contributed by atoms with van der Waals surface area (Å²) >= 11 is 3.41. The van der Waals surface area contributed by atoms with Gasteiger partial charge in [-0.3, -0.25) is 4.98 Å². The molecule has 0 aliphatic carbocycles. The molecule has 0 radical (unpaired) electrons. The summed E-state index contributed by atoms with van der Waals surface area (Å²) in [5.74, 6) is 0. The molecule has 2 aromatic heterocycles. The van der Waals surface area contributed by atoms with Gasteiger partial charge in [-0.05, 0) is 20.0 Å². The van der Waals surface area contributed by atoms with Crippen molar-refractivity contribution in [2.45, 2.75) is 6.42 Å². The van der Waals surface area contributed by atoms with E-state index in [4.69, 9.17) is 4.98 Å². The highest BCUT2D eigenvalue weighted by Gasteiger charge is 2.14. The van der Waals surface area contributed by atoms with Crippen LogP contribution >= 0.6 is 22.7 Å². The van der Waals surface area contributed by atoms with Crippen LogP contribution in [-0.2, 0) is 6.42 Å². The highest BCUT2D eigenvalue weighted by Crippen LogP contribution is 2.35. The van der Waals surface area contributed by atoms with E-state index in [9.17, 15) is 0 Å². The fraction of sp³-hybridized carbons (Fsp3) is 0.200. The number of aromatic nitrogens is 2. The second-order valence-electron chi connectivity index (χ2n) is 4.38. The molecule has 1 aromatic carbocycles. The van der Waals surface area contributed by atoms with Crippen molar-refractivity contribution in [1.29, 1.82) is 0 Å². The summed E-state index contributed by atoms with van der Waals surface area (Å²) in [5.41, 5.74) is 4.14. The molecule has 0 fully saturated rings. The third-order valence-corrected chi connectivity index (χ3v) is 5.05. The van der Waals surface area contributed by atoms with Gasteiger partial charge >= 0.3 is 0 Å². The Labute approximate surface area is 126 Å². The maximum Gasteiger partial charge on any atom is 0.135 e. The fourth-order valence-corrected chi connectivity index (χ4v) is 3.77. The maximum atomic E-state index is 4.84. The SMILES string of the molecule is CNCCc1sc(-c2cncs2)nc1-c1ccccc1. The highest BCUT2D eigenvalue weighted by molar-refractivity contribution is 7.21. The van der Waals surface area contributed by atoms with Crippen LogP contribution < -0.4 is 5.32 Å². The Kier molecular flexibility index (Phi) is 4.20. The van der Waals surface area contributed by atoms with Gasteiger partial charge in [-0.25, -0.2) is 4.98 Å². The van der Waals surface area contributed by atoms with Crippen molar-refractivity contribution in [3.8, 4) is 21.1 Å². The van der Waals surface area contributed by atoms with Crippen LogP contribution in [0.2, 0.25) is 0 Å². The fourth-order valence-electron chi connectivity index (χ4n) is 2.01. The largest absolute Gasteiger partial charge is 0.319 e. The first-order valence-electron chi connectivity index (χ1n) is 6.47. The van der Waals surface area contributed by atoms with Gasteiger partial charge in [0.25, 0.3) is 0 Å². The molecule has 3 rings (SSSR count). The lowest BCUT2D eigenvalue weighted by Crippen LogP contribution is -2.09. The minimum Gasteiger partial charge on any atom is -0.319 e. The molecule has 0 aliphatic rings. The lowest BCUT2D eigenvalue weighted by atomic mass is 10.1. The van der Waals surface area contributed by atoms with Crippen molar-refractivity contribution >= 4 is 22.7 Å². The quantitative estimate of drug-likeness (QED) is 0.781. The van der Waals surface area contributed by atoms with Crippen molar-refractivity contribution < 1.29 is 0 Å². The Morgan fingerprint density at radius 2 is 2.05 bits per heavy atom. The maximum absolute atomic E-state index is 4.84. The zero-order valence-corrected chi connectivity index (χ0v) is 12.8. The Hall–Kier alpha value is -1.56. The van der Waals surface area contributed by atoms with E-state index in [2.05, 4.69) is 34.6 Å². The lowest BCUT2D eigenvalue weighted by Gasteiger charge is -2.01. The van der Waals surface area contributed by atoms with Crippen molar-refractivity contribution in [2.75, 3.05) is 13.6 Å². The molecule has 3 aromatic rings. The average molecular weight is 301 g/mol. The van der Waals surface area contributed by atoms with E-state index >= 15 is 0 Å². The minimum atomic E-state index is 0.962. The summed E-state index contributed by atoms with van der Waals surface area (Å²) in [7, 11) is 1.98. The van der Waals surface area contributed by atoms with Gasteiger partial charge in [-0.1, -0.05) is 30.3 Å². The van der Waals surface area contributed by atoms with Crippen LogP contribution in [0.25, 0.3) is 21.1 Å². The zero-order valence-electron chi connectivity index (χ0n) is 11.2. The molecule has 0 aliphatic heterocycles. The summed E-state index contributed by atoms with van der Waals surface area (Å²) in [4.78, 5) is 11.5. The summed E-state index contributed by atoms with van der Waals surface area (Å²) < 4.78 is 0. The molecule has 0 amide bonds. The van der Waals surface area contributed by atoms with E-state index in [1.165, 1.54) is 10.4 Å². The van der Waals surface area contributed by atoms with Crippen LogP contribution in [0.4, 0.5) is 0 Å². The highest BCUT2D eigenvalue weighted by atomic mass is 32.1. The number of hydrogen-bond acceptors (Lipinski definition) is 5. The van der Waals surface area contributed by atoms with E-state index in [-0.39, 0.29) is 0 Å². The van der Waals surface area contributed by atoms with Crippen LogP contribution in [0.5, 0.6) is 0 Å². The number of thiazole rings is 2. The Morgan fingerprint density at radius 3 is 2.75 bits per heavy atom. The average Bonchev–Trinajstić information content (AvgIpc) is 3.15. The normalized spacial score (nSPS) is 10.8. The van der Waals surface area contributed by atoms with Gasteiger partial charge in [0.1, 0.15) is 5.01 Å². The molecule has 0 unspecified atom stereocenters. The molecule has 5 heteroatoms. The first kappa shape index (κ1) is 13.4. The Morgan fingerprint density at radius 1 is 1.20 bits per heavy atom. The Bertz CT molecular complexity index is 660.